The Hall–Kier alpha value is -3.47. The first-order valence-electron chi connectivity index (χ1n) is 8.68. The van der Waals surface area contributed by atoms with Crippen molar-refractivity contribution >= 4 is 45.2 Å². The molecule has 1 aliphatic rings. The van der Waals surface area contributed by atoms with Gasteiger partial charge in [0.25, 0.3) is 11.6 Å². The highest BCUT2D eigenvalue weighted by Gasteiger charge is 2.49. The first kappa shape index (κ1) is 21.2. The van der Waals surface area contributed by atoms with Crippen molar-refractivity contribution in [2.24, 2.45) is 0 Å². The molecule has 2 aromatic carbocycles. The van der Waals surface area contributed by atoms with Crippen molar-refractivity contribution in [2.75, 3.05) is 19.0 Å². The number of nitrogens with one attached hydrogen (secondary N) is 2. The van der Waals surface area contributed by atoms with E-state index >= 15 is 0 Å². The van der Waals surface area contributed by atoms with Crippen molar-refractivity contribution in [1.82, 2.24) is 10.2 Å². The van der Waals surface area contributed by atoms with Gasteiger partial charge in [-0.3, -0.25) is 24.6 Å². The van der Waals surface area contributed by atoms with Crippen molar-refractivity contribution in [3.05, 3.63) is 62.6 Å². The van der Waals surface area contributed by atoms with Crippen LogP contribution >= 0.6 is 15.9 Å². The highest BCUT2D eigenvalue weighted by atomic mass is 79.9. The lowest BCUT2D eigenvalue weighted by molar-refractivity contribution is -0.384. The van der Waals surface area contributed by atoms with Gasteiger partial charge in [0.15, 0.2) is 0 Å². The molecule has 0 radical (unpaired) electrons. The van der Waals surface area contributed by atoms with Crippen LogP contribution in [0.4, 0.5) is 16.2 Å². The minimum Gasteiger partial charge on any atom is -0.494 e. The number of anilines is 1. The number of nitro benzene ring substituents is 1. The Kier molecular flexibility index (Phi) is 5.74. The number of non-ortho nitro benzene ring substituents is 1. The molecule has 1 aliphatic heterocycles. The van der Waals surface area contributed by atoms with Crippen LogP contribution < -0.4 is 15.4 Å². The van der Waals surface area contributed by atoms with Gasteiger partial charge in [0, 0.05) is 10.5 Å². The number of methoxy groups -OCH3 is 1. The monoisotopic (exact) mass is 476 g/mol. The van der Waals surface area contributed by atoms with Gasteiger partial charge in [-0.1, -0.05) is 28.1 Å². The van der Waals surface area contributed by atoms with Crippen LogP contribution in [0.25, 0.3) is 0 Å². The second kappa shape index (κ2) is 8.11. The second-order valence-corrected chi connectivity index (χ2v) is 7.56. The summed E-state index contributed by atoms with van der Waals surface area (Å²) in [6, 6.07) is 9.92. The Bertz CT molecular complexity index is 1060. The molecule has 0 aliphatic carbocycles. The molecule has 1 heterocycles. The summed E-state index contributed by atoms with van der Waals surface area (Å²) in [5.74, 6) is -1.16. The molecule has 10 nitrogen and oxygen atoms in total. The molecule has 30 heavy (non-hydrogen) atoms. The van der Waals surface area contributed by atoms with Gasteiger partial charge in [-0.25, -0.2) is 4.79 Å². The van der Waals surface area contributed by atoms with Crippen molar-refractivity contribution in [3.63, 3.8) is 0 Å². The number of rotatable bonds is 6. The summed E-state index contributed by atoms with van der Waals surface area (Å²) in [4.78, 5) is 48.9. The molecule has 2 N–H and O–H groups in total. The Balaban J connectivity index is 1.77. The fourth-order valence-corrected chi connectivity index (χ4v) is 3.47. The molecular weight excluding hydrogens is 460 g/mol. The smallest absolute Gasteiger partial charge is 0.325 e. The predicted molar refractivity (Wildman–Crippen MR) is 110 cm³/mol. The van der Waals surface area contributed by atoms with Crippen LogP contribution in [0.3, 0.4) is 0 Å². The summed E-state index contributed by atoms with van der Waals surface area (Å²) in [7, 11) is 1.30. The number of halogens is 1. The van der Waals surface area contributed by atoms with E-state index in [1.54, 1.807) is 31.2 Å². The SMILES string of the molecule is COc1cc([N+](=O)[O-])ccc1NC(=O)CN1C(=O)N[C@](C)(c2cccc(Br)c2)C1=O. The average molecular weight is 477 g/mol. The van der Waals surface area contributed by atoms with Gasteiger partial charge in [0.2, 0.25) is 5.91 Å². The summed E-state index contributed by atoms with van der Waals surface area (Å²) < 4.78 is 5.81. The van der Waals surface area contributed by atoms with Gasteiger partial charge in [0.1, 0.15) is 17.8 Å². The predicted octanol–water partition coefficient (Wildman–Crippen LogP) is 2.77. The summed E-state index contributed by atoms with van der Waals surface area (Å²) in [6.45, 7) is 1.03. The fourth-order valence-electron chi connectivity index (χ4n) is 3.07. The van der Waals surface area contributed by atoms with Crippen molar-refractivity contribution < 1.29 is 24.0 Å². The quantitative estimate of drug-likeness (QED) is 0.374. The van der Waals surface area contributed by atoms with Crippen LogP contribution in [0, 0.1) is 10.1 Å². The number of ether oxygens (including phenoxy) is 1. The number of nitrogens with zero attached hydrogens (tertiary/aromatic N) is 2. The lowest BCUT2D eigenvalue weighted by Gasteiger charge is -2.22. The van der Waals surface area contributed by atoms with Gasteiger partial charge in [-0.15, -0.1) is 0 Å². The zero-order chi connectivity index (χ0) is 22.1. The normalized spacial score (nSPS) is 18.2. The van der Waals surface area contributed by atoms with E-state index in [1.807, 2.05) is 0 Å². The standard InChI is InChI=1S/C19H17BrN4O6/c1-19(11-4-3-5-12(20)8-11)17(26)23(18(27)22-19)10-16(25)21-14-7-6-13(24(28)29)9-15(14)30-2/h3-9H,10H2,1-2H3,(H,21,25)(H,22,27)/t19-/m1/s1. The van der Waals surface area contributed by atoms with Gasteiger partial charge in [-0.2, -0.15) is 0 Å². The van der Waals surface area contributed by atoms with E-state index in [1.165, 1.54) is 19.2 Å². The molecule has 0 bridgehead atoms. The van der Waals surface area contributed by atoms with E-state index in [9.17, 15) is 24.5 Å². The van der Waals surface area contributed by atoms with Crippen LogP contribution in [0.1, 0.15) is 12.5 Å². The Labute approximate surface area is 179 Å². The van der Waals surface area contributed by atoms with Crippen molar-refractivity contribution in [2.45, 2.75) is 12.5 Å². The number of carbonyl (C=O) groups excluding carboxylic acids is 3. The number of benzene rings is 2. The largest absolute Gasteiger partial charge is 0.494 e. The zero-order valence-electron chi connectivity index (χ0n) is 16.0. The van der Waals surface area contributed by atoms with E-state index in [0.717, 1.165) is 15.4 Å². The highest BCUT2D eigenvalue weighted by molar-refractivity contribution is 9.10. The molecule has 2 aromatic rings. The topological polar surface area (TPSA) is 131 Å². The second-order valence-electron chi connectivity index (χ2n) is 6.65. The van der Waals surface area contributed by atoms with E-state index < -0.39 is 34.9 Å². The van der Waals surface area contributed by atoms with Crippen molar-refractivity contribution in [3.8, 4) is 5.75 Å². The zero-order valence-corrected chi connectivity index (χ0v) is 17.6. The summed E-state index contributed by atoms with van der Waals surface area (Å²) >= 11 is 3.33. The van der Waals surface area contributed by atoms with Gasteiger partial charge in [0.05, 0.1) is 23.8 Å². The lowest BCUT2D eigenvalue weighted by atomic mass is 9.92. The molecule has 0 saturated carbocycles. The molecule has 0 spiro atoms. The molecule has 3 rings (SSSR count). The highest BCUT2D eigenvalue weighted by Crippen LogP contribution is 2.31. The molecule has 11 heteroatoms. The number of urea groups is 1. The fraction of sp³-hybridized carbons (Fsp3) is 0.211. The maximum Gasteiger partial charge on any atom is 0.325 e. The molecule has 4 amide bonds. The van der Waals surface area contributed by atoms with E-state index in [4.69, 9.17) is 4.74 Å². The Morgan fingerprint density at radius 1 is 1.30 bits per heavy atom. The molecule has 1 atom stereocenters. The lowest BCUT2D eigenvalue weighted by Crippen LogP contribution is -2.42. The van der Waals surface area contributed by atoms with Gasteiger partial charge >= 0.3 is 6.03 Å². The van der Waals surface area contributed by atoms with E-state index in [2.05, 4.69) is 26.6 Å². The number of amides is 4. The molecule has 0 unspecified atom stereocenters. The molecular formula is C19H17BrN4O6. The Morgan fingerprint density at radius 2 is 2.03 bits per heavy atom. The van der Waals surface area contributed by atoms with Crippen LogP contribution in [0.5, 0.6) is 5.75 Å². The van der Waals surface area contributed by atoms with E-state index in [0.29, 0.717) is 5.56 Å². The number of hydrogen-bond acceptors (Lipinski definition) is 6. The third kappa shape index (κ3) is 3.96. The van der Waals surface area contributed by atoms with Gasteiger partial charge < -0.3 is 15.4 Å². The maximum absolute atomic E-state index is 12.9. The third-order valence-corrected chi connectivity index (χ3v) is 5.14. The van der Waals surface area contributed by atoms with Crippen molar-refractivity contribution in [1.29, 1.82) is 0 Å². The Morgan fingerprint density at radius 3 is 2.67 bits per heavy atom. The summed E-state index contributed by atoms with van der Waals surface area (Å²) in [5.41, 5.74) is -0.777. The molecule has 0 aromatic heterocycles. The third-order valence-electron chi connectivity index (χ3n) is 4.65. The maximum atomic E-state index is 12.9. The molecule has 1 saturated heterocycles. The van der Waals surface area contributed by atoms with Crippen LogP contribution in [-0.2, 0) is 15.1 Å². The summed E-state index contributed by atoms with van der Waals surface area (Å²) in [5, 5.41) is 16.0. The number of carbonyl (C=O) groups is 3. The van der Waals surface area contributed by atoms with Crippen LogP contribution in [0.2, 0.25) is 0 Å². The minimum absolute atomic E-state index is 0.0775. The van der Waals surface area contributed by atoms with E-state index in [-0.39, 0.29) is 17.1 Å². The average Bonchev–Trinajstić information content (AvgIpc) is 2.92. The first-order valence-corrected chi connectivity index (χ1v) is 9.47. The number of imide groups is 1. The molecule has 156 valence electrons. The van der Waals surface area contributed by atoms with Crippen LogP contribution in [0.15, 0.2) is 46.9 Å². The first-order chi connectivity index (χ1) is 14.2. The molecule has 1 fully saturated rings. The van der Waals surface area contributed by atoms with Gasteiger partial charge in [-0.05, 0) is 30.7 Å². The summed E-state index contributed by atoms with van der Waals surface area (Å²) in [6.07, 6.45) is 0. The van der Waals surface area contributed by atoms with Crippen LogP contribution in [-0.4, -0.2) is 41.3 Å². The minimum atomic E-state index is -1.31. The number of hydrogen-bond donors (Lipinski definition) is 2. The number of nitro groups is 1.